The molecule has 0 saturated carbocycles. The van der Waals surface area contributed by atoms with Gasteiger partial charge in [-0.15, -0.1) is 0 Å². The fraction of sp³-hybridized carbons (Fsp3) is 0.417. The Hall–Kier alpha value is -1.63. The molecule has 0 unspecified atom stereocenters. The number of carbonyl (C=O) groups is 1. The number of anilines is 2. The predicted octanol–water partition coefficient (Wildman–Crippen LogP) is 3.76. The number of carboxylic acids is 1. The first-order valence-electron chi connectivity index (χ1n) is 5.83. The molecule has 0 aromatic heterocycles. The van der Waals surface area contributed by atoms with Gasteiger partial charge in [0.25, 0.3) is 0 Å². The molecule has 0 heterocycles. The van der Waals surface area contributed by atoms with E-state index in [1.807, 2.05) is 0 Å². The van der Waals surface area contributed by atoms with Gasteiger partial charge in [0.2, 0.25) is 0 Å². The summed E-state index contributed by atoms with van der Waals surface area (Å²) in [5, 5.41) is 11.9. The second kappa shape index (κ2) is 6.69. The third-order valence-electron chi connectivity index (χ3n) is 2.53. The Morgan fingerprint density at radius 3 is 2.55 bits per heavy atom. The lowest BCUT2D eigenvalue weighted by molar-refractivity contribution is -0.135. The first kappa shape index (κ1) is 16.4. The van der Waals surface area contributed by atoms with Crippen molar-refractivity contribution < 1.29 is 23.1 Å². The SMILES string of the molecule is Nc1cc(Cl)c(NCCCCC(F)(F)F)c(C(=O)O)c1. The first-order valence-corrected chi connectivity index (χ1v) is 6.21. The van der Waals surface area contributed by atoms with Crippen LogP contribution in [-0.2, 0) is 0 Å². The quantitative estimate of drug-likeness (QED) is 0.552. The lowest BCUT2D eigenvalue weighted by Gasteiger charge is -2.13. The van der Waals surface area contributed by atoms with E-state index in [1.165, 1.54) is 12.1 Å². The molecule has 0 spiro atoms. The number of alkyl halides is 3. The summed E-state index contributed by atoms with van der Waals surface area (Å²) >= 11 is 5.88. The molecule has 0 fully saturated rings. The monoisotopic (exact) mass is 310 g/mol. The maximum atomic E-state index is 12.0. The van der Waals surface area contributed by atoms with E-state index in [0.29, 0.717) is 0 Å². The van der Waals surface area contributed by atoms with E-state index in [9.17, 15) is 18.0 Å². The summed E-state index contributed by atoms with van der Waals surface area (Å²) in [6, 6.07) is 2.62. The van der Waals surface area contributed by atoms with Gasteiger partial charge in [0.1, 0.15) is 0 Å². The number of nitrogens with one attached hydrogen (secondary N) is 1. The van der Waals surface area contributed by atoms with Crippen molar-refractivity contribution in [3.63, 3.8) is 0 Å². The van der Waals surface area contributed by atoms with Gasteiger partial charge in [-0.25, -0.2) is 4.79 Å². The van der Waals surface area contributed by atoms with Gasteiger partial charge in [-0.3, -0.25) is 0 Å². The second-order valence-corrected chi connectivity index (χ2v) is 4.64. The Morgan fingerprint density at radius 2 is 2.00 bits per heavy atom. The molecule has 0 bridgehead atoms. The van der Waals surface area contributed by atoms with Crippen LogP contribution < -0.4 is 11.1 Å². The second-order valence-electron chi connectivity index (χ2n) is 4.23. The smallest absolute Gasteiger partial charge is 0.389 e. The van der Waals surface area contributed by atoms with Gasteiger partial charge in [-0.05, 0) is 25.0 Å². The standard InChI is InChI=1S/C12H14ClF3N2O2/c13-9-6-7(17)5-8(11(19)20)10(9)18-4-2-1-3-12(14,15)16/h5-6,18H,1-4,17H2,(H,19,20). The molecule has 1 aromatic rings. The zero-order valence-corrected chi connectivity index (χ0v) is 11.2. The zero-order valence-electron chi connectivity index (χ0n) is 10.4. The molecule has 0 radical (unpaired) electrons. The molecular weight excluding hydrogens is 297 g/mol. The summed E-state index contributed by atoms with van der Waals surface area (Å²) < 4.78 is 35.9. The normalized spacial score (nSPS) is 11.4. The van der Waals surface area contributed by atoms with Crippen molar-refractivity contribution in [3.8, 4) is 0 Å². The Balaban J connectivity index is 2.62. The van der Waals surface area contributed by atoms with Crippen LogP contribution in [0.5, 0.6) is 0 Å². The molecule has 8 heteroatoms. The number of hydrogen-bond donors (Lipinski definition) is 3. The number of rotatable bonds is 6. The molecule has 0 atom stereocenters. The minimum absolute atomic E-state index is 0.0362. The fourth-order valence-electron chi connectivity index (χ4n) is 1.64. The molecule has 0 aliphatic carbocycles. The summed E-state index contributed by atoms with van der Waals surface area (Å²) in [6.07, 6.45) is -4.83. The van der Waals surface area contributed by atoms with Gasteiger partial charge in [-0.1, -0.05) is 11.6 Å². The number of unbranched alkanes of at least 4 members (excludes halogenated alkanes) is 1. The molecule has 0 saturated heterocycles. The molecule has 0 aliphatic rings. The van der Waals surface area contributed by atoms with Gasteiger partial charge in [-0.2, -0.15) is 13.2 Å². The largest absolute Gasteiger partial charge is 0.478 e. The van der Waals surface area contributed by atoms with E-state index in [0.717, 1.165) is 0 Å². The van der Waals surface area contributed by atoms with Crippen molar-refractivity contribution >= 4 is 28.9 Å². The molecule has 4 N–H and O–H groups in total. The number of nitrogen functional groups attached to an aromatic ring is 1. The minimum Gasteiger partial charge on any atom is -0.478 e. The van der Waals surface area contributed by atoms with Gasteiger partial charge < -0.3 is 16.2 Å². The van der Waals surface area contributed by atoms with Crippen molar-refractivity contribution in [3.05, 3.63) is 22.7 Å². The highest BCUT2D eigenvalue weighted by atomic mass is 35.5. The molecular formula is C12H14ClF3N2O2. The van der Waals surface area contributed by atoms with E-state index >= 15 is 0 Å². The number of aromatic carboxylic acids is 1. The number of halogens is 4. The van der Waals surface area contributed by atoms with Crippen LogP contribution in [0.25, 0.3) is 0 Å². The number of carboxylic acid groups (broad SMARTS) is 1. The maximum absolute atomic E-state index is 12.0. The van der Waals surface area contributed by atoms with Crippen LogP contribution in [0.1, 0.15) is 29.6 Å². The summed E-state index contributed by atoms with van der Waals surface area (Å²) in [6.45, 7) is 0.194. The zero-order chi connectivity index (χ0) is 15.3. The molecule has 4 nitrogen and oxygen atoms in total. The topological polar surface area (TPSA) is 75.3 Å². The molecule has 1 aromatic carbocycles. The van der Waals surface area contributed by atoms with Crippen LogP contribution in [-0.4, -0.2) is 23.8 Å². The molecule has 112 valence electrons. The summed E-state index contributed by atoms with van der Waals surface area (Å²) in [5.41, 5.74) is 5.75. The van der Waals surface area contributed by atoms with E-state index < -0.39 is 18.6 Å². The van der Waals surface area contributed by atoms with Gasteiger partial charge in [0.05, 0.1) is 16.3 Å². The van der Waals surface area contributed by atoms with E-state index in [-0.39, 0.29) is 41.3 Å². The van der Waals surface area contributed by atoms with Crippen LogP contribution in [0, 0.1) is 0 Å². The van der Waals surface area contributed by atoms with Crippen LogP contribution in [0.15, 0.2) is 12.1 Å². The van der Waals surface area contributed by atoms with Gasteiger partial charge in [0.15, 0.2) is 0 Å². The molecule has 1 rings (SSSR count). The number of benzene rings is 1. The van der Waals surface area contributed by atoms with Crippen molar-refractivity contribution in [2.45, 2.75) is 25.4 Å². The van der Waals surface area contributed by atoms with Crippen molar-refractivity contribution in [1.82, 2.24) is 0 Å². The molecule has 20 heavy (non-hydrogen) atoms. The van der Waals surface area contributed by atoms with E-state index in [4.69, 9.17) is 22.4 Å². The minimum atomic E-state index is -4.18. The third kappa shape index (κ3) is 5.16. The van der Waals surface area contributed by atoms with Crippen LogP contribution in [0.2, 0.25) is 5.02 Å². The third-order valence-corrected chi connectivity index (χ3v) is 2.83. The average molecular weight is 311 g/mol. The Labute approximate surface area is 118 Å². The fourth-order valence-corrected chi connectivity index (χ4v) is 1.93. The highest BCUT2D eigenvalue weighted by Gasteiger charge is 2.25. The van der Waals surface area contributed by atoms with Crippen molar-refractivity contribution in [1.29, 1.82) is 0 Å². The molecule has 0 aliphatic heterocycles. The van der Waals surface area contributed by atoms with Crippen LogP contribution in [0.3, 0.4) is 0 Å². The Morgan fingerprint density at radius 1 is 1.35 bits per heavy atom. The van der Waals surface area contributed by atoms with Crippen LogP contribution in [0.4, 0.5) is 24.5 Å². The predicted molar refractivity (Wildman–Crippen MR) is 71.2 cm³/mol. The first-order chi connectivity index (χ1) is 9.20. The highest BCUT2D eigenvalue weighted by Crippen LogP contribution is 2.29. The summed E-state index contributed by atoms with van der Waals surface area (Å²) in [5.74, 6) is -1.21. The van der Waals surface area contributed by atoms with Crippen molar-refractivity contribution in [2.75, 3.05) is 17.6 Å². The van der Waals surface area contributed by atoms with Crippen LogP contribution >= 0.6 is 11.6 Å². The van der Waals surface area contributed by atoms with E-state index in [1.54, 1.807) is 0 Å². The van der Waals surface area contributed by atoms with Gasteiger partial charge in [0, 0.05) is 18.7 Å². The summed E-state index contributed by atoms with van der Waals surface area (Å²) in [7, 11) is 0. The average Bonchev–Trinajstić information content (AvgIpc) is 2.28. The summed E-state index contributed by atoms with van der Waals surface area (Å²) in [4.78, 5) is 11.0. The Kier molecular flexibility index (Phi) is 5.50. The lowest BCUT2D eigenvalue weighted by atomic mass is 10.1. The van der Waals surface area contributed by atoms with Crippen molar-refractivity contribution in [2.24, 2.45) is 0 Å². The maximum Gasteiger partial charge on any atom is 0.389 e. The highest BCUT2D eigenvalue weighted by molar-refractivity contribution is 6.34. The number of hydrogen-bond acceptors (Lipinski definition) is 3. The lowest BCUT2D eigenvalue weighted by Crippen LogP contribution is -2.11. The molecule has 0 amide bonds. The number of nitrogens with two attached hydrogens (primary N) is 1. The Bertz CT molecular complexity index is 492. The van der Waals surface area contributed by atoms with Gasteiger partial charge >= 0.3 is 12.1 Å². The van der Waals surface area contributed by atoms with E-state index in [2.05, 4.69) is 5.32 Å².